The molecule has 1 saturated heterocycles. The number of likely N-dealkylation sites (N-methyl/N-ethyl adjacent to an activating group) is 1. The van der Waals surface area contributed by atoms with Crippen molar-refractivity contribution in [1.29, 1.82) is 0 Å². The van der Waals surface area contributed by atoms with Gasteiger partial charge in [-0.2, -0.15) is 0 Å². The van der Waals surface area contributed by atoms with Crippen LogP contribution in [0.15, 0.2) is 36.4 Å². The van der Waals surface area contributed by atoms with Crippen molar-refractivity contribution in [1.82, 2.24) is 4.90 Å². The number of ether oxygens (including phenoxy) is 1. The number of piperidine rings is 1. The molecule has 0 saturated carbocycles. The van der Waals surface area contributed by atoms with E-state index in [2.05, 4.69) is 65.6 Å². The number of halogens is 2. The Hall–Kier alpha value is -1.11. The van der Waals surface area contributed by atoms with Crippen LogP contribution < -0.4 is 0 Å². The molecule has 1 aliphatic carbocycles. The lowest BCUT2D eigenvalue weighted by Crippen LogP contribution is -2.38. The van der Waals surface area contributed by atoms with Gasteiger partial charge in [0.05, 0.1) is 12.7 Å². The van der Waals surface area contributed by atoms with E-state index in [1.807, 2.05) is 12.1 Å². The average Bonchev–Trinajstić information content (AvgIpc) is 3.00. The summed E-state index contributed by atoms with van der Waals surface area (Å²) in [6.07, 6.45) is 1.23. The van der Waals surface area contributed by atoms with Gasteiger partial charge in [-0.05, 0) is 95.4 Å². The summed E-state index contributed by atoms with van der Waals surface area (Å²) in [5.74, 6) is 1.40. The minimum absolute atomic E-state index is 0. The third-order valence-corrected chi connectivity index (χ3v) is 7.58. The molecule has 3 nitrogen and oxygen atoms in total. The summed E-state index contributed by atoms with van der Waals surface area (Å²) >= 11 is 2.47. The summed E-state index contributed by atoms with van der Waals surface area (Å²) in [4.78, 5) is 14.4. The number of benzene rings is 2. The molecule has 0 spiro atoms. The largest absolute Gasteiger partial charge is 0.465 e. The lowest BCUT2D eigenvalue weighted by atomic mass is 9.78. The van der Waals surface area contributed by atoms with Gasteiger partial charge < -0.3 is 9.64 Å². The van der Waals surface area contributed by atoms with Crippen LogP contribution in [0.5, 0.6) is 0 Å². The van der Waals surface area contributed by atoms with Crippen LogP contribution in [0.1, 0.15) is 57.8 Å². The molecule has 1 fully saturated rings. The maximum atomic E-state index is 11.8. The van der Waals surface area contributed by atoms with Gasteiger partial charge in [-0.25, -0.2) is 4.79 Å². The molecule has 0 aromatic heterocycles. The van der Waals surface area contributed by atoms with Crippen molar-refractivity contribution in [2.45, 2.75) is 32.1 Å². The molecule has 0 radical (unpaired) electrons. The van der Waals surface area contributed by atoms with E-state index in [4.69, 9.17) is 4.74 Å². The molecule has 0 bridgehead atoms. The summed E-state index contributed by atoms with van der Waals surface area (Å²) in [5.41, 5.74) is 6.33. The number of carbonyl (C=O) groups is 1. The van der Waals surface area contributed by atoms with Crippen LogP contribution in [-0.2, 0) is 4.74 Å². The van der Waals surface area contributed by atoms with E-state index in [0.717, 1.165) is 13.1 Å². The van der Waals surface area contributed by atoms with Crippen molar-refractivity contribution in [3.63, 3.8) is 0 Å². The molecular weight excluding hydrogens is 485 g/mol. The number of nitrogens with zero attached hydrogens (tertiary/aromatic N) is 1. The number of rotatable bonds is 3. The minimum atomic E-state index is -0.270. The second-order valence-electron chi connectivity index (χ2n) is 7.77. The summed E-state index contributed by atoms with van der Waals surface area (Å²) < 4.78 is 6.21. The maximum absolute atomic E-state index is 11.8. The molecular formula is C23H27ClINO2. The third kappa shape index (κ3) is 3.71. The Kier molecular flexibility index (Phi) is 6.72. The standard InChI is InChI=1S/C23H26INO2.ClH/c1-4-25-10-9-17-20(13-25)18-12-21(24)14(2)11-19(18)22(17)15-5-7-16(8-6-15)23(26)27-3;/h5-8,11-12,17,20,22H,4,9-10,13H2,1-3H3;1H/t17-,20+,22+;/m1./s1. The first-order valence-electron chi connectivity index (χ1n) is 9.74. The SMILES string of the molecule is CCN1CC[C@H]2[C@H](c3ccc(C(=O)OC)cc3)c3cc(C)c(I)cc3[C@H]2C1.Cl. The van der Waals surface area contributed by atoms with Crippen molar-refractivity contribution in [2.75, 3.05) is 26.7 Å². The predicted molar refractivity (Wildman–Crippen MR) is 124 cm³/mol. The molecule has 2 aliphatic rings. The second-order valence-corrected chi connectivity index (χ2v) is 8.94. The van der Waals surface area contributed by atoms with Gasteiger partial charge in [-0.3, -0.25) is 0 Å². The zero-order valence-electron chi connectivity index (χ0n) is 16.6. The fourth-order valence-electron chi connectivity index (χ4n) is 4.96. The summed E-state index contributed by atoms with van der Waals surface area (Å²) in [5, 5.41) is 0. The maximum Gasteiger partial charge on any atom is 0.337 e. The van der Waals surface area contributed by atoms with Crippen LogP contribution in [0.3, 0.4) is 0 Å². The van der Waals surface area contributed by atoms with Crippen LogP contribution in [0.25, 0.3) is 0 Å². The van der Waals surface area contributed by atoms with Crippen LogP contribution in [-0.4, -0.2) is 37.6 Å². The molecule has 0 N–H and O–H groups in total. The van der Waals surface area contributed by atoms with Crippen molar-refractivity contribution >= 4 is 41.0 Å². The Balaban J connectivity index is 0.00000225. The van der Waals surface area contributed by atoms with Gasteiger partial charge in [0.2, 0.25) is 0 Å². The number of esters is 1. The first kappa shape index (κ1) is 21.6. The Labute approximate surface area is 187 Å². The van der Waals surface area contributed by atoms with Crippen LogP contribution in [0.4, 0.5) is 0 Å². The Bertz CT molecular complexity index is 868. The molecule has 3 atom stereocenters. The van der Waals surface area contributed by atoms with Gasteiger partial charge in [-0.1, -0.05) is 25.1 Å². The molecule has 1 heterocycles. The van der Waals surface area contributed by atoms with Gasteiger partial charge in [0.1, 0.15) is 0 Å². The lowest BCUT2D eigenvalue weighted by molar-refractivity contribution is 0.0600. The third-order valence-electron chi connectivity index (χ3n) is 6.42. The zero-order chi connectivity index (χ0) is 19.1. The van der Waals surface area contributed by atoms with Crippen molar-refractivity contribution in [3.05, 3.63) is 67.8 Å². The van der Waals surface area contributed by atoms with E-state index in [1.54, 1.807) is 0 Å². The molecule has 150 valence electrons. The number of likely N-dealkylation sites (tertiary alicyclic amines) is 1. The summed E-state index contributed by atoms with van der Waals surface area (Å²) in [7, 11) is 1.43. The van der Waals surface area contributed by atoms with E-state index in [9.17, 15) is 4.79 Å². The van der Waals surface area contributed by atoms with Gasteiger partial charge in [0.15, 0.2) is 0 Å². The van der Waals surface area contributed by atoms with Gasteiger partial charge >= 0.3 is 5.97 Å². The molecule has 2 aromatic carbocycles. The van der Waals surface area contributed by atoms with Crippen LogP contribution in [0, 0.1) is 16.4 Å². The van der Waals surface area contributed by atoms with Crippen LogP contribution in [0.2, 0.25) is 0 Å². The highest BCUT2D eigenvalue weighted by atomic mass is 127. The number of fused-ring (bicyclic) bond motifs is 3. The number of hydrogen-bond donors (Lipinski definition) is 0. The topological polar surface area (TPSA) is 29.5 Å². The summed E-state index contributed by atoms with van der Waals surface area (Å²) in [6.45, 7) is 7.93. The van der Waals surface area contributed by atoms with E-state index < -0.39 is 0 Å². The fraction of sp³-hybridized carbons (Fsp3) is 0.435. The normalized spacial score (nSPS) is 23.5. The molecule has 2 aromatic rings. The zero-order valence-corrected chi connectivity index (χ0v) is 19.5. The predicted octanol–water partition coefficient (Wildman–Crippen LogP) is 5.38. The quantitative estimate of drug-likeness (QED) is 0.409. The van der Waals surface area contributed by atoms with Gasteiger partial charge in [-0.15, -0.1) is 12.4 Å². The molecule has 4 rings (SSSR count). The average molecular weight is 512 g/mol. The Morgan fingerprint density at radius 2 is 1.93 bits per heavy atom. The highest BCUT2D eigenvalue weighted by molar-refractivity contribution is 14.1. The van der Waals surface area contributed by atoms with Crippen molar-refractivity contribution < 1.29 is 9.53 Å². The second kappa shape index (κ2) is 8.72. The van der Waals surface area contributed by atoms with E-state index in [1.165, 1.54) is 45.9 Å². The highest BCUT2D eigenvalue weighted by Gasteiger charge is 2.44. The molecule has 1 aliphatic heterocycles. The highest BCUT2D eigenvalue weighted by Crippen LogP contribution is 2.53. The molecule has 5 heteroatoms. The monoisotopic (exact) mass is 511 g/mol. The van der Waals surface area contributed by atoms with Crippen LogP contribution >= 0.6 is 35.0 Å². The smallest absolute Gasteiger partial charge is 0.337 e. The van der Waals surface area contributed by atoms with E-state index in [-0.39, 0.29) is 18.4 Å². The van der Waals surface area contributed by atoms with Gasteiger partial charge in [0.25, 0.3) is 0 Å². The van der Waals surface area contributed by atoms with E-state index in [0.29, 0.717) is 23.3 Å². The molecule has 28 heavy (non-hydrogen) atoms. The van der Waals surface area contributed by atoms with E-state index >= 15 is 0 Å². The number of aryl methyl sites for hydroxylation is 1. The Morgan fingerprint density at radius 1 is 1.21 bits per heavy atom. The first-order chi connectivity index (χ1) is 13.0. The first-order valence-corrected chi connectivity index (χ1v) is 10.8. The fourth-order valence-corrected chi connectivity index (χ4v) is 5.46. The summed E-state index contributed by atoms with van der Waals surface area (Å²) in [6, 6.07) is 12.9. The number of methoxy groups -OCH3 is 1. The Morgan fingerprint density at radius 3 is 2.57 bits per heavy atom. The number of hydrogen-bond acceptors (Lipinski definition) is 3. The molecule has 0 unspecified atom stereocenters. The number of carbonyl (C=O) groups excluding carboxylic acids is 1. The minimum Gasteiger partial charge on any atom is -0.465 e. The molecule has 0 amide bonds. The lowest BCUT2D eigenvalue weighted by Gasteiger charge is -2.37. The van der Waals surface area contributed by atoms with Crippen molar-refractivity contribution in [3.8, 4) is 0 Å². The van der Waals surface area contributed by atoms with Crippen molar-refractivity contribution in [2.24, 2.45) is 5.92 Å². The van der Waals surface area contributed by atoms with Gasteiger partial charge in [0, 0.05) is 22.0 Å².